The van der Waals surface area contributed by atoms with Crippen LogP contribution in [0.1, 0.15) is 12.0 Å². The highest BCUT2D eigenvalue weighted by Crippen LogP contribution is 2.16. The second-order valence-corrected chi connectivity index (χ2v) is 7.98. The third-order valence-electron chi connectivity index (χ3n) is 4.25. The van der Waals surface area contributed by atoms with Gasteiger partial charge in [-0.3, -0.25) is 9.69 Å². The van der Waals surface area contributed by atoms with Gasteiger partial charge in [-0.2, -0.15) is 0 Å². The third-order valence-corrected chi connectivity index (χ3v) is 5.02. The molecule has 23 heavy (non-hydrogen) atoms. The van der Waals surface area contributed by atoms with E-state index in [0.29, 0.717) is 13.1 Å². The van der Waals surface area contributed by atoms with Gasteiger partial charge in [0.2, 0.25) is 10.0 Å². The molecular weight excluding hydrogens is 314 g/mol. The Kier molecular flexibility index (Phi) is 4.27. The lowest BCUT2D eigenvalue weighted by molar-refractivity contribution is 0.323. The number of fused-ring (bicyclic) bond motifs is 1. The fourth-order valence-electron chi connectivity index (χ4n) is 3.22. The van der Waals surface area contributed by atoms with Crippen LogP contribution in [0.25, 0.3) is 10.9 Å². The van der Waals surface area contributed by atoms with Crippen molar-refractivity contribution < 1.29 is 8.42 Å². The van der Waals surface area contributed by atoms with Crippen molar-refractivity contribution >= 4 is 20.9 Å². The van der Waals surface area contributed by atoms with Crippen LogP contribution in [0.4, 0.5) is 0 Å². The van der Waals surface area contributed by atoms with Gasteiger partial charge in [0.05, 0.1) is 11.8 Å². The lowest BCUT2D eigenvalue weighted by Crippen LogP contribution is -2.36. The summed E-state index contributed by atoms with van der Waals surface area (Å²) >= 11 is 0. The largest absolute Gasteiger partial charge is 0.311 e. The Morgan fingerprint density at radius 3 is 2.78 bits per heavy atom. The SMILES string of the molecule is Cn1c(=O)c(CN2CCC(NS(C)(=O)=O)C2)cc2ccccc21. The molecule has 1 aromatic carbocycles. The average molecular weight is 335 g/mol. The minimum Gasteiger partial charge on any atom is -0.311 e. The number of nitrogens with zero attached hydrogens (tertiary/aromatic N) is 2. The molecule has 1 unspecified atom stereocenters. The second-order valence-electron chi connectivity index (χ2n) is 6.20. The summed E-state index contributed by atoms with van der Waals surface area (Å²) in [6.07, 6.45) is 1.94. The first-order chi connectivity index (χ1) is 10.8. The average Bonchev–Trinajstić information content (AvgIpc) is 2.89. The van der Waals surface area contributed by atoms with Gasteiger partial charge in [0.15, 0.2) is 0 Å². The van der Waals surface area contributed by atoms with E-state index in [1.165, 1.54) is 6.26 Å². The summed E-state index contributed by atoms with van der Waals surface area (Å²) in [6, 6.07) is 9.67. The van der Waals surface area contributed by atoms with Crippen molar-refractivity contribution in [3.8, 4) is 0 Å². The summed E-state index contributed by atoms with van der Waals surface area (Å²) in [5.74, 6) is 0. The summed E-state index contributed by atoms with van der Waals surface area (Å²) in [6.45, 7) is 1.95. The number of sulfonamides is 1. The number of pyridine rings is 1. The normalized spacial score (nSPS) is 19.5. The molecule has 0 amide bonds. The zero-order chi connectivity index (χ0) is 16.6. The first-order valence-electron chi connectivity index (χ1n) is 7.61. The Balaban J connectivity index is 1.80. The van der Waals surface area contributed by atoms with E-state index in [0.717, 1.165) is 29.4 Å². The maximum Gasteiger partial charge on any atom is 0.255 e. The Morgan fingerprint density at radius 2 is 2.04 bits per heavy atom. The summed E-state index contributed by atoms with van der Waals surface area (Å²) in [7, 11) is -1.41. The molecule has 0 saturated carbocycles. The molecule has 1 aliphatic rings. The molecule has 0 aliphatic carbocycles. The predicted octanol–water partition coefficient (Wildman–Crippen LogP) is 0.662. The molecule has 7 heteroatoms. The molecule has 1 aliphatic heterocycles. The lowest BCUT2D eigenvalue weighted by Gasteiger charge is -2.17. The molecule has 6 nitrogen and oxygen atoms in total. The van der Waals surface area contributed by atoms with Gasteiger partial charge in [-0.25, -0.2) is 13.1 Å². The Hall–Kier alpha value is -1.70. The van der Waals surface area contributed by atoms with E-state index in [1.807, 2.05) is 30.3 Å². The van der Waals surface area contributed by atoms with Crippen LogP contribution in [0, 0.1) is 0 Å². The number of para-hydroxylation sites is 1. The molecule has 0 bridgehead atoms. The van der Waals surface area contributed by atoms with Crippen LogP contribution in [-0.2, 0) is 23.6 Å². The van der Waals surface area contributed by atoms with Crippen LogP contribution in [0.3, 0.4) is 0 Å². The van der Waals surface area contributed by atoms with Crippen molar-refractivity contribution in [3.05, 3.63) is 46.2 Å². The van der Waals surface area contributed by atoms with Crippen molar-refractivity contribution in [2.75, 3.05) is 19.3 Å². The Bertz CT molecular complexity index is 889. The van der Waals surface area contributed by atoms with Crippen molar-refractivity contribution in [1.82, 2.24) is 14.2 Å². The van der Waals surface area contributed by atoms with Gasteiger partial charge in [0.25, 0.3) is 5.56 Å². The number of aromatic nitrogens is 1. The van der Waals surface area contributed by atoms with E-state index in [4.69, 9.17) is 0 Å². The van der Waals surface area contributed by atoms with Crippen molar-refractivity contribution in [2.45, 2.75) is 19.0 Å². The van der Waals surface area contributed by atoms with E-state index < -0.39 is 10.0 Å². The first kappa shape index (κ1) is 16.2. The van der Waals surface area contributed by atoms with Crippen LogP contribution in [0.15, 0.2) is 35.1 Å². The van der Waals surface area contributed by atoms with Gasteiger partial charge in [-0.1, -0.05) is 18.2 Å². The van der Waals surface area contributed by atoms with E-state index in [-0.39, 0.29) is 11.6 Å². The Labute approximate surface area is 135 Å². The molecule has 1 N–H and O–H groups in total. The molecular formula is C16H21N3O3S. The van der Waals surface area contributed by atoms with Gasteiger partial charge < -0.3 is 4.57 Å². The minimum atomic E-state index is -3.19. The second kappa shape index (κ2) is 6.07. The molecule has 2 aromatic rings. The topological polar surface area (TPSA) is 71.4 Å². The van der Waals surface area contributed by atoms with Crippen LogP contribution in [-0.4, -0.2) is 43.3 Å². The van der Waals surface area contributed by atoms with Crippen molar-refractivity contribution in [3.63, 3.8) is 0 Å². The lowest BCUT2D eigenvalue weighted by atomic mass is 10.1. The number of nitrogens with one attached hydrogen (secondary N) is 1. The highest BCUT2D eigenvalue weighted by molar-refractivity contribution is 7.88. The summed E-state index contributed by atoms with van der Waals surface area (Å²) in [5, 5.41) is 1.04. The number of aryl methyl sites for hydroxylation is 1. The zero-order valence-corrected chi connectivity index (χ0v) is 14.1. The molecule has 1 fully saturated rings. The van der Waals surface area contributed by atoms with Gasteiger partial charge in [-0.05, 0) is 23.9 Å². The van der Waals surface area contributed by atoms with Gasteiger partial charge in [0.1, 0.15) is 0 Å². The summed E-state index contributed by atoms with van der Waals surface area (Å²) in [5.41, 5.74) is 1.66. The molecule has 2 heterocycles. The molecule has 1 atom stereocenters. The maximum atomic E-state index is 12.5. The van der Waals surface area contributed by atoms with E-state index >= 15 is 0 Å². The quantitative estimate of drug-likeness (QED) is 0.891. The molecule has 0 radical (unpaired) electrons. The number of benzene rings is 1. The number of rotatable bonds is 4. The minimum absolute atomic E-state index is 0.00298. The molecule has 124 valence electrons. The Morgan fingerprint density at radius 1 is 1.30 bits per heavy atom. The van der Waals surface area contributed by atoms with Crippen LogP contribution in [0.2, 0.25) is 0 Å². The van der Waals surface area contributed by atoms with Gasteiger partial charge in [-0.15, -0.1) is 0 Å². The van der Waals surface area contributed by atoms with Crippen LogP contribution < -0.4 is 10.3 Å². The zero-order valence-electron chi connectivity index (χ0n) is 13.3. The van der Waals surface area contributed by atoms with Gasteiger partial charge in [0, 0.05) is 38.3 Å². The smallest absolute Gasteiger partial charge is 0.255 e. The predicted molar refractivity (Wildman–Crippen MR) is 90.9 cm³/mol. The number of hydrogen-bond acceptors (Lipinski definition) is 4. The van der Waals surface area contributed by atoms with Gasteiger partial charge >= 0.3 is 0 Å². The monoisotopic (exact) mass is 335 g/mol. The van der Waals surface area contributed by atoms with Crippen LogP contribution in [0.5, 0.6) is 0 Å². The molecule has 1 aromatic heterocycles. The molecule has 1 saturated heterocycles. The molecule has 0 spiro atoms. The fraction of sp³-hybridized carbons (Fsp3) is 0.438. The van der Waals surface area contributed by atoms with Crippen molar-refractivity contribution in [1.29, 1.82) is 0 Å². The maximum absolute atomic E-state index is 12.5. The third kappa shape index (κ3) is 3.63. The summed E-state index contributed by atoms with van der Waals surface area (Å²) in [4.78, 5) is 14.6. The standard InChI is InChI=1S/C16H21N3O3S/c1-18-15-6-4-3-5-12(15)9-13(16(18)20)10-19-8-7-14(11-19)17-23(2,21)22/h3-6,9,14,17H,7-8,10-11H2,1-2H3. The fourth-order valence-corrected chi connectivity index (χ4v) is 4.02. The first-order valence-corrected chi connectivity index (χ1v) is 9.50. The number of hydrogen-bond donors (Lipinski definition) is 1. The van der Waals surface area contributed by atoms with E-state index in [2.05, 4.69) is 9.62 Å². The van der Waals surface area contributed by atoms with Crippen LogP contribution >= 0.6 is 0 Å². The molecule has 3 rings (SSSR count). The van der Waals surface area contributed by atoms with E-state index in [1.54, 1.807) is 11.6 Å². The number of likely N-dealkylation sites (tertiary alicyclic amines) is 1. The van der Waals surface area contributed by atoms with Crippen molar-refractivity contribution in [2.24, 2.45) is 7.05 Å². The summed E-state index contributed by atoms with van der Waals surface area (Å²) < 4.78 is 26.9. The highest BCUT2D eigenvalue weighted by Gasteiger charge is 2.25. The highest BCUT2D eigenvalue weighted by atomic mass is 32.2. The van der Waals surface area contributed by atoms with E-state index in [9.17, 15) is 13.2 Å².